The van der Waals surface area contributed by atoms with Crippen LogP contribution in [0.2, 0.25) is 0 Å². The van der Waals surface area contributed by atoms with E-state index in [-0.39, 0.29) is 24.0 Å². The Morgan fingerprint density at radius 3 is 2.38 bits per heavy atom. The van der Waals surface area contributed by atoms with Crippen molar-refractivity contribution in [2.75, 3.05) is 0 Å². The van der Waals surface area contributed by atoms with Gasteiger partial charge in [-0.15, -0.1) is 0 Å². The number of esters is 1. The van der Waals surface area contributed by atoms with Gasteiger partial charge in [0.25, 0.3) is 0 Å². The highest BCUT2D eigenvalue weighted by Crippen LogP contribution is 2.22. The summed E-state index contributed by atoms with van der Waals surface area (Å²) in [5.74, 6) is -0.643. The van der Waals surface area contributed by atoms with Crippen LogP contribution in [0, 0.1) is 0 Å². The fourth-order valence-corrected chi connectivity index (χ4v) is 2.36. The number of hydrogen-bond acceptors (Lipinski definition) is 5. The highest BCUT2D eigenvalue weighted by atomic mass is 16.5. The van der Waals surface area contributed by atoms with Crippen molar-refractivity contribution in [1.29, 1.82) is 0 Å². The molecule has 0 aromatic heterocycles. The van der Waals surface area contributed by atoms with Gasteiger partial charge in [-0.25, -0.2) is 0 Å². The normalized spacial score (nSPS) is 13.1. The van der Waals surface area contributed by atoms with E-state index in [9.17, 15) is 14.7 Å². The molecule has 126 valence electrons. The Balaban J connectivity index is 2.12. The van der Waals surface area contributed by atoms with Crippen LogP contribution in [0.3, 0.4) is 0 Å². The van der Waals surface area contributed by atoms with Crippen LogP contribution in [0.15, 0.2) is 54.6 Å². The van der Waals surface area contributed by atoms with Crippen LogP contribution in [0.5, 0.6) is 5.75 Å². The number of carbonyl (C=O) groups excluding carboxylic acids is 2. The maximum Gasteiger partial charge on any atom is 0.313 e. The van der Waals surface area contributed by atoms with Gasteiger partial charge in [0.2, 0.25) is 0 Å². The van der Waals surface area contributed by atoms with Gasteiger partial charge < -0.3 is 15.6 Å². The second-order valence-corrected chi connectivity index (χ2v) is 5.74. The molecule has 0 heterocycles. The number of aliphatic hydroxyl groups is 1. The molecule has 24 heavy (non-hydrogen) atoms. The monoisotopic (exact) mass is 327 g/mol. The number of hydrogen-bond donors (Lipinski definition) is 2. The van der Waals surface area contributed by atoms with Gasteiger partial charge in [0.1, 0.15) is 5.75 Å². The molecule has 3 N–H and O–H groups in total. The highest BCUT2D eigenvalue weighted by molar-refractivity contribution is 6.10. The zero-order valence-electron chi connectivity index (χ0n) is 13.5. The Hall–Kier alpha value is -2.50. The van der Waals surface area contributed by atoms with Crippen LogP contribution in [-0.2, 0) is 4.79 Å². The Labute approximate surface area is 141 Å². The average Bonchev–Trinajstić information content (AvgIpc) is 2.54. The fourth-order valence-electron chi connectivity index (χ4n) is 2.36. The molecule has 0 saturated carbocycles. The van der Waals surface area contributed by atoms with Crippen LogP contribution in [0.25, 0.3) is 0 Å². The van der Waals surface area contributed by atoms with E-state index < -0.39 is 12.1 Å². The topological polar surface area (TPSA) is 89.6 Å². The number of benzene rings is 2. The van der Waals surface area contributed by atoms with Crippen molar-refractivity contribution in [1.82, 2.24) is 0 Å². The molecule has 0 bridgehead atoms. The first-order valence-electron chi connectivity index (χ1n) is 7.80. The van der Waals surface area contributed by atoms with Crippen LogP contribution >= 0.6 is 0 Å². The summed E-state index contributed by atoms with van der Waals surface area (Å²) in [4.78, 5) is 24.5. The largest absolute Gasteiger partial charge is 0.426 e. The summed E-state index contributed by atoms with van der Waals surface area (Å²) in [5, 5.41) is 9.78. The summed E-state index contributed by atoms with van der Waals surface area (Å²) in [6.07, 6.45) is -0.732. The Morgan fingerprint density at radius 2 is 1.71 bits per heavy atom. The van der Waals surface area contributed by atoms with Crippen molar-refractivity contribution < 1.29 is 19.4 Å². The summed E-state index contributed by atoms with van der Waals surface area (Å²) in [6.45, 7) is 1.75. The van der Waals surface area contributed by atoms with Crippen LogP contribution in [0.1, 0.15) is 35.7 Å². The van der Waals surface area contributed by atoms with Crippen molar-refractivity contribution in [3.63, 3.8) is 0 Å². The molecule has 0 radical (unpaired) electrons. The van der Waals surface area contributed by atoms with Gasteiger partial charge >= 0.3 is 5.97 Å². The number of carbonyl (C=O) groups is 2. The quantitative estimate of drug-likeness (QED) is 0.463. The summed E-state index contributed by atoms with van der Waals surface area (Å²) < 4.78 is 5.28. The molecule has 2 aromatic rings. The second-order valence-electron chi connectivity index (χ2n) is 5.74. The van der Waals surface area contributed by atoms with Gasteiger partial charge in [-0.2, -0.15) is 0 Å². The molecule has 0 aliphatic heterocycles. The molecule has 2 atom stereocenters. The SMILES string of the molecule is CC(N)CC(O)CC(=O)Oc1ccccc1C(=O)c1ccccc1. The molecule has 0 aliphatic rings. The Kier molecular flexibility index (Phi) is 6.23. The summed E-state index contributed by atoms with van der Waals surface area (Å²) in [5.41, 5.74) is 6.41. The molecule has 2 aromatic carbocycles. The fraction of sp³-hybridized carbons (Fsp3) is 0.263. The second kappa shape index (κ2) is 8.38. The lowest BCUT2D eigenvalue weighted by Gasteiger charge is -2.13. The first kappa shape index (κ1) is 17.8. The number of aliphatic hydroxyl groups excluding tert-OH is 1. The van der Waals surface area contributed by atoms with Crippen LogP contribution in [0.4, 0.5) is 0 Å². The molecule has 0 aliphatic carbocycles. The number of ether oxygens (including phenoxy) is 1. The van der Waals surface area contributed by atoms with Crippen molar-refractivity contribution in [3.05, 3.63) is 65.7 Å². The third-order valence-electron chi connectivity index (χ3n) is 3.44. The van der Waals surface area contributed by atoms with E-state index in [0.29, 0.717) is 17.5 Å². The molecule has 5 nitrogen and oxygen atoms in total. The first-order chi connectivity index (χ1) is 11.5. The van der Waals surface area contributed by atoms with Gasteiger partial charge in [0, 0.05) is 11.6 Å². The smallest absolute Gasteiger partial charge is 0.313 e. The number of ketones is 1. The minimum absolute atomic E-state index is 0.171. The standard InChI is InChI=1S/C19H21NO4/c1-13(20)11-15(21)12-18(22)24-17-10-6-5-9-16(17)19(23)14-7-3-2-4-8-14/h2-10,13,15,21H,11-12,20H2,1H3. The lowest BCUT2D eigenvalue weighted by Crippen LogP contribution is -2.26. The molecule has 0 spiro atoms. The maximum atomic E-state index is 12.6. The minimum Gasteiger partial charge on any atom is -0.426 e. The number of nitrogens with two attached hydrogens (primary N) is 1. The molecular weight excluding hydrogens is 306 g/mol. The third-order valence-corrected chi connectivity index (χ3v) is 3.44. The summed E-state index contributed by atoms with van der Waals surface area (Å²) >= 11 is 0. The van der Waals surface area contributed by atoms with Gasteiger partial charge in [-0.1, -0.05) is 42.5 Å². The molecule has 2 rings (SSSR count). The zero-order chi connectivity index (χ0) is 17.5. The van der Waals surface area contributed by atoms with E-state index in [2.05, 4.69) is 0 Å². The summed E-state index contributed by atoms with van der Waals surface area (Å²) in [7, 11) is 0. The molecule has 2 unspecified atom stereocenters. The predicted molar refractivity (Wildman–Crippen MR) is 90.8 cm³/mol. The van der Waals surface area contributed by atoms with Crippen molar-refractivity contribution >= 4 is 11.8 Å². The number of rotatable bonds is 7. The van der Waals surface area contributed by atoms with Crippen LogP contribution in [-0.4, -0.2) is 29.0 Å². The maximum absolute atomic E-state index is 12.6. The molecule has 0 saturated heterocycles. The van der Waals surface area contributed by atoms with Gasteiger partial charge in [0.05, 0.1) is 18.1 Å². The average molecular weight is 327 g/mol. The van der Waals surface area contributed by atoms with E-state index in [4.69, 9.17) is 10.5 Å². The molecular formula is C19H21NO4. The van der Waals surface area contributed by atoms with Gasteiger partial charge in [0.15, 0.2) is 5.78 Å². The Bertz CT molecular complexity index is 698. The molecule has 0 amide bonds. The zero-order valence-corrected chi connectivity index (χ0v) is 13.5. The lowest BCUT2D eigenvalue weighted by atomic mass is 10.0. The number of para-hydroxylation sites is 1. The van der Waals surface area contributed by atoms with E-state index in [0.717, 1.165) is 0 Å². The third kappa shape index (κ3) is 5.01. The van der Waals surface area contributed by atoms with E-state index in [1.807, 2.05) is 6.07 Å². The van der Waals surface area contributed by atoms with E-state index in [1.165, 1.54) is 0 Å². The van der Waals surface area contributed by atoms with E-state index >= 15 is 0 Å². The highest BCUT2D eigenvalue weighted by Gasteiger charge is 2.19. The van der Waals surface area contributed by atoms with Crippen molar-refractivity contribution in [3.8, 4) is 5.75 Å². The van der Waals surface area contributed by atoms with Crippen molar-refractivity contribution in [2.45, 2.75) is 31.9 Å². The predicted octanol–water partition coefficient (Wildman–Crippen LogP) is 2.31. The van der Waals surface area contributed by atoms with Gasteiger partial charge in [-0.3, -0.25) is 9.59 Å². The van der Waals surface area contributed by atoms with Gasteiger partial charge in [-0.05, 0) is 25.5 Å². The van der Waals surface area contributed by atoms with E-state index in [1.54, 1.807) is 55.5 Å². The lowest BCUT2D eigenvalue weighted by molar-refractivity contribution is -0.136. The van der Waals surface area contributed by atoms with Crippen LogP contribution < -0.4 is 10.5 Å². The Morgan fingerprint density at radius 1 is 1.08 bits per heavy atom. The molecule has 0 fully saturated rings. The summed E-state index contributed by atoms with van der Waals surface area (Å²) in [6, 6.07) is 15.1. The minimum atomic E-state index is -0.866. The molecule has 5 heteroatoms. The first-order valence-corrected chi connectivity index (χ1v) is 7.80. The van der Waals surface area contributed by atoms with Crippen molar-refractivity contribution in [2.24, 2.45) is 5.73 Å².